The number of pyridine rings is 1. The molecule has 2 heterocycles. The van der Waals surface area contributed by atoms with Crippen LogP contribution < -0.4 is 5.32 Å². The van der Waals surface area contributed by atoms with Gasteiger partial charge < -0.3 is 9.72 Å². The van der Waals surface area contributed by atoms with Crippen LogP contribution in [0.25, 0.3) is 27.8 Å². The molecule has 0 unspecified atom stereocenters. The average Bonchev–Trinajstić information content (AvgIpc) is 3.31. The van der Waals surface area contributed by atoms with Crippen LogP contribution in [0.15, 0.2) is 91.5 Å². The van der Waals surface area contributed by atoms with Gasteiger partial charge in [0.25, 0.3) is 5.91 Å². The third-order valence-electron chi connectivity index (χ3n) is 5.37. The Kier molecular flexibility index (Phi) is 5.14. The van der Waals surface area contributed by atoms with E-state index in [1.807, 2.05) is 0 Å². The monoisotopic (exact) mass is 443 g/mol. The zero-order valence-electron chi connectivity index (χ0n) is 17.1. The van der Waals surface area contributed by atoms with E-state index in [2.05, 4.69) is 10.3 Å². The Morgan fingerprint density at radius 3 is 2.36 bits per heavy atom. The minimum absolute atomic E-state index is 0.0305. The van der Waals surface area contributed by atoms with E-state index in [9.17, 15) is 18.0 Å². The maximum atomic E-state index is 14.8. The van der Waals surface area contributed by atoms with Crippen LogP contribution in [0.4, 0.5) is 18.9 Å². The largest absolute Gasteiger partial charge is 0.322 e. The number of amides is 1. The van der Waals surface area contributed by atoms with Crippen LogP contribution in [0, 0.1) is 17.5 Å². The first-order valence-electron chi connectivity index (χ1n) is 10.1. The number of anilines is 1. The predicted octanol–water partition coefficient (Wildman–Crippen LogP) is 6.34. The summed E-state index contributed by atoms with van der Waals surface area (Å²) < 4.78 is 44.0. The zero-order valence-corrected chi connectivity index (χ0v) is 17.1. The van der Waals surface area contributed by atoms with Gasteiger partial charge in [-0.05, 0) is 48.0 Å². The van der Waals surface area contributed by atoms with Crippen molar-refractivity contribution in [2.75, 3.05) is 5.32 Å². The summed E-state index contributed by atoms with van der Waals surface area (Å²) in [5, 5.41) is 2.75. The van der Waals surface area contributed by atoms with Crippen LogP contribution in [0.2, 0.25) is 0 Å². The third-order valence-corrected chi connectivity index (χ3v) is 5.37. The topological polar surface area (TPSA) is 46.4 Å². The average molecular weight is 443 g/mol. The standard InChI is InChI=1S/C26H16F3N3O/c27-16-9-11-17(12-10-16)31-26(33)21-6-1-4-18(19-5-2-8-22(28)25(19)29)24(21)20-7-3-13-32-15-30-14-23(20)32/h1-15H,(H,31,33). The second-order valence-electron chi connectivity index (χ2n) is 7.40. The van der Waals surface area contributed by atoms with E-state index >= 15 is 0 Å². The summed E-state index contributed by atoms with van der Waals surface area (Å²) in [5.41, 5.74) is 2.77. The van der Waals surface area contributed by atoms with Crippen LogP contribution in [-0.4, -0.2) is 15.3 Å². The van der Waals surface area contributed by atoms with E-state index in [0.717, 1.165) is 6.07 Å². The highest BCUT2D eigenvalue weighted by Gasteiger charge is 2.22. The number of hydrogen-bond donors (Lipinski definition) is 1. The number of rotatable bonds is 4. The number of benzene rings is 3. The molecule has 1 amide bonds. The zero-order chi connectivity index (χ0) is 22.9. The summed E-state index contributed by atoms with van der Waals surface area (Å²) in [7, 11) is 0. The molecule has 0 aliphatic carbocycles. The molecule has 5 rings (SSSR count). The highest BCUT2D eigenvalue weighted by molar-refractivity contribution is 6.12. The second kappa shape index (κ2) is 8.27. The fraction of sp³-hybridized carbons (Fsp3) is 0. The van der Waals surface area contributed by atoms with Crippen molar-refractivity contribution in [1.29, 1.82) is 0 Å². The van der Waals surface area contributed by atoms with Gasteiger partial charge in [-0.25, -0.2) is 18.2 Å². The molecule has 162 valence electrons. The van der Waals surface area contributed by atoms with Crippen LogP contribution in [0.3, 0.4) is 0 Å². The summed E-state index contributed by atoms with van der Waals surface area (Å²) in [5.74, 6) is -2.89. The molecule has 0 fully saturated rings. The number of carbonyl (C=O) groups excluding carboxylic acids is 1. The summed E-state index contributed by atoms with van der Waals surface area (Å²) >= 11 is 0. The number of fused-ring (bicyclic) bond motifs is 1. The lowest BCUT2D eigenvalue weighted by Crippen LogP contribution is -2.14. The van der Waals surface area contributed by atoms with Crippen molar-refractivity contribution in [3.8, 4) is 22.3 Å². The van der Waals surface area contributed by atoms with Crippen molar-refractivity contribution in [3.63, 3.8) is 0 Å². The van der Waals surface area contributed by atoms with Gasteiger partial charge in [0.05, 0.1) is 18.0 Å². The van der Waals surface area contributed by atoms with Crippen molar-refractivity contribution in [3.05, 3.63) is 115 Å². The van der Waals surface area contributed by atoms with Gasteiger partial charge in [0.15, 0.2) is 11.6 Å². The van der Waals surface area contributed by atoms with Gasteiger partial charge in [-0.3, -0.25) is 4.79 Å². The Morgan fingerprint density at radius 2 is 1.55 bits per heavy atom. The minimum Gasteiger partial charge on any atom is -0.322 e. The first-order valence-corrected chi connectivity index (χ1v) is 10.1. The van der Waals surface area contributed by atoms with E-state index in [4.69, 9.17) is 0 Å². The van der Waals surface area contributed by atoms with E-state index < -0.39 is 23.4 Å². The van der Waals surface area contributed by atoms with Crippen molar-refractivity contribution in [2.45, 2.75) is 0 Å². The highest BCUT2D eigenvalue weighted by atomic mass is 19.2. The molecule has 0 saturated carbocycles. The van der Waals surface area contributed by atoms with Gasteiger partial charge in [-0.1, -0.05) is 30.3 Å². The van der Waals surface area contributed by atoms with Gasteiger partial charge in [0.1, 0.15) is 5.82 Å². The normalized spacial score (nSPS) is 11.0. The molecule has 7 heteroatoms. The molecular weight excluding hydrogens is 427 g/mol. The summed E-state index contributed by atoms with van der Waals surface area (Å²) in [6, 6.07) is 17.7. The summed E-state index contributed by atoms with van der Waals surface area (Å²) in [4.78, 5) is 17.5. The van der Waals surface area contributed by atoms with Crippen LogP contribution in [0.1, 0.15) is 10.4 Å². The number of imidazole rings is 1. The van der Waals surface area contributed by atoms with Crippen molar-refractivity contribution in [1.82, 2.24) is 9.38 Å². The SMILES string of the molecule is O=C(Nc1ccc(F)cc1)c1cccc(-c2cccc(F)c2F)c1-c1cccn2cncc12. The fourth-order valence-corrected chi connectivity index (χ4v) is 3.86. The Bertz CT molecular complexity index is 1490. The Balaban J connectivity index is 1.74. The van der Waals surface area contributed by atoms with Crippen LogP contribution >= 0.6 is 0 Å². The second-order valence-corrected chi connectivity index (χ2v) is 7.40. The van der Waals surface area contributed by atoms with E-state index in [-0.39, 0.29) is 11.1 Å². The highest BCUT2D eigenvalue weighted by Crippen LogP contribution is 2.38. The van der Waals surface area contributed by atoms with Gasteiger partial charge in [0.2, 0.25) is 0 Å². The van der Waals surface area contributed by atoms with Crippen molar-refractivity contribution < 1.29 is 18.0 Å². The first kappa shape index (κ1) is 20.5. The lowest BCUT2D eigenvalue weighted by atomic mass is 9.89. The van der Waals surface area contributed by atoms with Gasteiger partial charge in [-0.2, -0.15) is 0 Å². The molecular formula is C26H16F3N3O. The Morgan fingerprint density at radius 1 is 0.818 bits per heavy atom. The molecule has 0 radical (unpaired) electrons. The number of halogens is 3. The molecule has 5 aromatic rings. The van der Waals surface area contributed by atoms with Crippen LogP contribution in [0.5, 0.6) is 0 Å². The summed E-state index contributed by atoms with van der Waals surface area (Å²) in [6.07, 6.45) is 5.05. The Hall–Kier alpha value is -4.39. The molecule has 0 bridgehead atoms. The lowest BCUT2D eigenvalue weighted by Gasteiger charge is -2.17. The van der Waals surface area contributed by atoms with Gasteiger partial charge >= 0.3 is 0 Å². The number of aromatic nitrogens is 2. The molecule has 0 saturated heterocycles. The van der Waals surface area contributed by atoms with E-state index in [0.29, 0.717) is 27.9 Å². The fourth-order valence-electron chi connectivity index (χ4n) is 3.86. The smallest absolute Gasteiger partial charge is 0.256 e. The molecule has 0 atom stereocenters. The van der Waals surface area contributed by atoms with Gasteiger partial charge in [0, 0.05) is 34.1 Å². The molecule has 3 aromatic carbocycles. The van der Waals surface area contributed by atoms with Gasteiger partial charge in [-0.15, -0.1) is 0 Å². The molecule has 1 N–H and O–H groups in total. The third kappa shape index (κ3) is 3.74. The number of nitrogens with zero attached hydrogens (tertiary/aromatic N) is 2. The van der Waals surface area contributed by atoms with Crippen molar-refractivity contribution >= 4 is 17.1 Å². The molecule has 0 aliphatic heterocycles. The van der Waals surface area contributed by atoms with Crippen LogP contribution in [-0.2, 0) is 0 Å². The number of nitrogens with one attached hydrogen (secondary N) is 1. The molecule has 0 spiro atoms. The maximum Gasteiger partial charge on any atom is 0.256 e. The minimum atomic E-state index is -1.00. The summed E-state index contributed by atoms with van der Waals surface area (Å²) in [6.45, 7) is 0. The number of carbonyl (C=O) groups is 1. The Labute approximate surface area is 187 Å². The van der Waals surface area contributed by atoms with E-state index in [1.165, 1.54) is 36.4 Å². The lowest BCUT2D eigenvalue weighted by molar-refractivity contribution is 0.102. The quantitative estimate of drug-likeness (QED) is 0.352. The molecule has 0 aliphatic rings. The first-order chi connectivity index (χ1) is 16.0. The molecule has 33 heavy (non-hydrogen) atoms. The maximum absolute atomic E-state index is 14.8. The molecule has 4 nitrogen and oxygen atoms in total. The molecule has 2 aromatic heterocycles. The number of hydrogen-bond acceptors (Lipinski definition) is 2. The van der Waals surface area contributed by atoms with Crippen molar-refractivity contribution in [2.24, 2.45) is 0 Å². The van der Waals surface area contributed by atoms with E-state index in [1.54, 1.807) is 53.5 Å². The predicted molar refractivity (Wildman–Crippen MR) is 120 cm³/mol.